The molecule has 10 nitrogen and oxygen atoms in total. The van der Waals surface area contributed by atoms with Gasteiger partial charge in [0, 0.05) is 23.2 Å². The van der Waals surface area contributed by atoms with Gasteiger partial charge in [0.15, 0.2) is 5.82 Å². The fraction of sp³-hybridized carbons (Fsp3) is 0.0952. The molecule has 0 aliphatic heterocycles. The van der Waals surface area contributed by atoms with E-state index in [2.05, 4.69) is 41.2 Å². The third kappa shape index (κ3) is 5.49. The molecule has 0 spiro atoms. The first-order valence-electron chi connectivity index (χ1n) is 9.54. The van der Waals surface area contributed by atoms with Gasteiger partial charge < -0.3 is 10.6 Å². The van der Waals surface area contributed by atoms with Gasteiger partial charge in [0.2, 0.25) is 5.91 Å². The minimum atomic E-state index is -0.385. The number of rotatable bonds is 7. The summed E-state index contributed by atoms with van der Waals surface area (Å²) in [7, 11) is 0. The molecule has 160 valence electrons. The molecule has 32 heavy (non-hydrogen) atoms. The van der Waals surface area contributed by atoms with Crippen molar-refractivity contribution in [3.8, 4) is 11.4 Å². The van der Waals surface area contributed by atoms with Crippen LogP contribution >= 0.6 is 11.6 Å². The van der Waals surface area contributed by atoms with Crippen molar-refractivity contribution < 1.29 is 9.59 Å². The predicted octanol–water partition coefficient (Wildman–Crippen LogP) is 2.42. The average Bonchev–Trinajstić information content (AvgIpc) is 3.34. The zero-order valence-electron chi connectivity index (χ0n) is 16.6. The summed E-state index contributed by atoms with van der Waals surface area (Å²) in [5.74, 6) is 0.157. The lowest BCUT2D eigenvalue weighted by molar-refractivity contribution is -0.115. The maximum atomic E-state index is 12.5. The second kappa shape index (κ2) is 9.75. The van der Waals surface area contributed by atoms with E-state index in [-0.39, 0.29) is 29.7 Å². The Balaban J connectivity index is 1.32. The molecule has 4 rings (SSSR count). The van der Waals surface area contributed by atoms with E-state index in [0.717, 1.165) is 16.7 Å². The fourth-order valence-corrected chi connectivity index (χ4v) is 2.99. The normalized spacial score (nSPS) is 10.5. The Morgan fingerprint density at radius 1 is 0.969 bits per heavy atom. The number of carbonyl (C=O) groups excluding carboxylic acids is 2. The smallest absolute Gasteiger partial charge is 0.270 e. The van der Waals surface area contributed by atoms with Crippen LogP contribution in [-0.4, -0.2) is 42.4 Å². The number of tetrazole rings is 1. The SMILES string of the molecule is O=C(Cc1ccc(Cl)cc1)Nc1cc(C(=O)NCc2ccc(-c3nnn[nH]3)cc2)ncn1. The second-order valence-corrected chi connectivity index (χ2v) is 7.21. The largest absolute Gasteiger partial charge is 0.347 e. The Morgan fingerprint density at radius 2 is 1.72 bits per heavy atom. The van der Waals surface area contributed by atoms with Crippen molar-refractivity contribution in [2.24, 2.45) is 0 Å². The summed E-state index contributed by atoms with van der Waals surface area (Å²) >= 11 is 5.85. The Hall–Kier alpha value is -4.18. The third-order valence-corrected chi connectivity index (χ3v) is 4.72. The monoisotopic (exact) mass is 448 g/mol. The number of aromatic amines is 1. The molecule has 4 aromatic rings. The van der Waals surface area contributed by atoms with Crippen LogP contribution in [0.1, 0.15) is 21.6 Å². The number of benzene rings is 2. The lowest BCUT2D eigenvalue weighted by Gasteiger charge is -2.08. The highest BCUT2D eigenvalue weighted by Crippen LogP contribution is 2.14. The Kier molecular flexibility index (Phi) is 6.42. The highest BCUT2D eigenvalue weighted by Gasteiger charge is 2.11. The van der Waals surface area contributed by atoms with Crippen molar-refractivity contribution in [1.82, 2.24) is 35.9 Å². The minimum absolute atomic E-state index is 0.145. The van der Waals surface area contributed by atoms with Crippen LogP contribution < -0.4 is 10.6 Å². The Bertz CT molecular complexity index is 1210. The lowest BCUT2D eigenvalue weighted by Crippen LogP contribution is -2.24. The van der Waals surface area contributed by atoms with Crippen molar-refractivity contribution in [3.63, 3.8) is 0 Å². The molecule has 0 unspecified atom stereocenters. The Labute approximate surface area is 187 Å². The standard InChI is InChI=1S/C21H17ClN8O2/c22-16-7-3-13(4-8-16)9-19(31)26-18-10-17(24-12-25-18)21(32)23-11-14-1-5-15(6-2-14)20-27-29-30-28-20/h1-8,10,12H,9,11H2,(H,23,32)(H,24,25,26,31)(H,27,28,29,30). The van der Waals surface area contributed by atoms with Gasteiger partial charge in [-0.3, -0.25) is 9.59 Å². The maximum Gasteiger partial charge on any atom is 0.270 e. The number of hydrogen-bond donors (Lipinski definition) is 3. The molecule has 2 aromatic carbocycles. The molecular weight excluding hydrogens is 432 g/mol. The van der Waals surface area contributed by atoms with Crippen LogP contribution in [0, 0.1) is 0 Å². The first-order chi connectivity index (χ1) is 15.6. The number of amides is 2. The highest BCUT2D eigenvalue weighted by molar-refractivity contribution is 6.30. The first-order valence-corrected chi connectivity index (χ1v) is 9.92. The van der Waals surface area contributed by atoms with Crippen molar-refractivity contribution in [2.45, 2.75) is 13.0 Å². The van der Waals surface area contributed by atoms with E-state index in [0.29, 0.717) is 17.4 Å². The van der Waals surface area contributed by atoms with E-state index in [1.165, 1.54) is 12.4 Å². The van der Waals surface area contributed by atoms with Crippen LogP contribution in [0.3, 0.4) is 0 Å². The van der Waals surface area contributed by atoms with E-state index in [4.69, 9.17) is 11.6 Å². The van der Waals surface area contributed by atoms with Crippen LogP contribution in [0.15, 0.2) is 60.9 Å². The molecular formula is C21H17ClN8O2. The zero-order chi connectivity index (χ0) is 22.3. The van der Waals surface area contributed by atoms with Gasteiger partial charge in [0.05, 0.1) is 6.42 Å². The lowest BCUT2D eigenvalue weighted by atomic mass is 10.1. The summed E-state index contributed by atoms with van der Waals surface area (Å²) in [6, 6.07) is 15.8. The van der Waals surface area contributed by atoms with Crippen LogP contribution in [0.25, 0.3) is 11.4 Å². The van der Waals surface area contributed by atoms with Crippen LogP contribution in [0.2, 0.25) is 5.02 Å². The zero-order valence-corrected chi connectivity index (χ0v) is 17.4. The van der Waals surface area contributed by atoms with Gasteiger partial charge in [-0.05, 0) is 33.7 Å². The molecule has 3 N–H and O–H groups in total. The third-order valence-electron chi connectivity index (χ3n) is 4.47. The van der Waals surface area contributed by atoms with Crippen LogP contribution in [0.4, 0.5) is 5.82 Å². The number of nitrogens with one attached hydrogen (secondary N) is 3. The van der Waals surface area contributed by atoms with Crippen molar-refractivity contribution in [1.29, 1.82) is 0 Å². The maximum absolute atomic E-state index is 12.5. The summed E-state index contributed by atoms with van der Waals surface area (Å²) in [5, 5.41) is 19.7. The number of H-pyrrole nitrogens is 1. The predicted molar refractivity (Wildman–Crippen MR) is 117 cm³/mol. The van der Waals surface area contributed by atoms with E-state index >= 15 is 0 Å². The molecule has 2 heterocycles. The quantitative estimate of drug-likeness (QED) is 0.394. The first kappa shape index (κ1) is 21.1. The highest BCUT2D eigenvalue weighted by atomic mass is 35.5. The molecule has 0 atom stereocenters. The molecule has 2 amide bonds. The van der Waals surface area contributed by atoms with Crippen molar-refractivity contribution in [2.75, 3.05) is 5.32 Å². The Morgan fingerprint density at radius 3 is 2.44 bits per heavy atom. The summed E-state index contributed by atoms with van der Waals surface area (Å²) in [6.45, 7) is 0.302. The number of aromatic nitrogens is 6. The van der Waals surface area contributed by atoms with Gasteiger partial charge in [0.25, 0.3) is 5.91 Å². The van der Waals surface area contributed by atoms with Gasteiger partial charge in [-0.15, -0.1) is 5.10 Å². The van der Waals surface area contributed by atoms with Crippen LogP contribution in [0.5, 0.6) is 0 Å². The topological polar surface area (TPSA) is 138 Å². The van der Waals surface area contributed by atoms with E-state index in [1.807, 2.05) is 24.3 Å². The number of nitrogens with zero attached hydrogens (tertiary/aromatic N) is 5. The van der Waals surface area contributed by atoms with Crippen molar-refractivity contribution >= 4 is 29.2 Å². The van der Waals surface area contributed by atoms with Crippen molar-refractivity contribution in [3.05, 3.63) is 82.8 Å². The second-order valence-electron chi connectivity index (χ2n) is 6.77. The summed E-state index contributed by atoms with van der Waals surface area (Å²) in [4.78, 5) is 32.7. The average molecular weight is 449 g/mol. The molecule has 0 aliphatic carbocycles. The molecule has 0 bridgehead atoms. The molecule has 0 aliphatic rings. The van der Waals surface area contributed by atoms with E-state index in [1.54, 1.807) is 24.3 Å². The van der Waals surface area contributed by atoms with E-state index < -0.39 is 0 Å². The molecule has 0 saturated carbocycles. The van der Waals surface area contributed by atoms with Gasteiger partial charge in [-0.2, -0.15) is 0 Å². The molecule has 2 aromatic heterocycles. The van der Waals surface area contributed by atoms with E-state index in [9.17, 15) is 9.59 Å². The molecule has 11 heteroatoms. The summed E-state index contributed by atoms with van der Waals surface area (Å²) in [6.07, 6.45) is 1.38. The molecule has 0 radical (unpaired) electrons. The van der Waals surface area contributed by atoms with Crippen LogP contribution in [-0.2, 0) is 17.8 Å². The number of halogens is 1. The van der Waals surface area contributed by atoms with Gasteiger partial charge in [-0.25, -0.2) is 15.1 Å². The fourth-order valence-electron chi connectivity index (χ4n) is 2.86. The number of anilines is 1. The molecule has 0 saturated heterocycles. The summed E-state index contributed by atoms with van der Waals surface area (Å²) < 4.78 is 0. The number of carbonyl (C=O) groups is 2. The minimum Gasteiger partial charge on any atom is -0.347 e. The number of hydrogen-bond acceptors (Lipinski definition) is 7. The molecule has 0 fully saturated rings. The summed E-state index contributed by atoms with van der Waals surface area (Å²) in [5.41, 5.74) is 2.68. The van der Waals surface area contributed by atoms with Gasteiger partial charge >= 0.3 is 0 Å². The van der Waals surface area contributed by atoms with Gasteiger partial charge in [0.1, 0.15) is 17.8 Å². The van der Waals surface area contributed by atoms with Gasteiger partial charge in [-0.1, -0.05) is 48.0 Å².